The van der Waals surface area contributed by atoms with E-state index in [2.05, 4.69) is 31.8 Å². The summed E-state index contributed by atoms with van der Waals surface area (Å²) < 4.78 is 2.56. The maximum Gasteiger partial charge on any atom is 0.343 e. The summed E-state index contributed by atoms with van der Waals surface area (Å²) in [7, 11) is 0. The molecule has 1 aliphatic heterocycles. The van der Waals surface area contributed by atoms with Crippen LogP contribution in [0.2, 0.25) is 0 Å². The monoisotopic (exact) mass is 377 g/mol. The lowest BCUT2D eigenvalue weighted by molar-refractivity contribution is -0.118. The molecule has 4 amide bonds. The molecule has 1 aliphatic rings. The van der Waals surface area contributed by atoms with Gasteiger partial charge in [0.1, 0.15) is 6.54 Å². The zero-order valence-corrected chi connectivity index (χ0v) is 13.6. The predicted molar refractivity (Wildman–Crippen MR) is 83.7 cm³/mol. The molecule has 1 aromatic carbocycles. The number of rotatable bonds is 3. The van der Waals surface area contributed by atoms with Crippen LogP contribution < -0.4 is 10.7 Å². The maximum atomic E-state index is 12.3. The van der Waals surface area contributed by atoms with Gasteiger partial charge >= 0.3 is 6.03 Å². The summed E-state index contributed by atoms with van der Waals surface area (Å²) in [5, 5.41) is 7.21. The van der Waals surface area contributed by atoms with Crippen molar-refractivity contribution in [3.05, 3.63) is 46.2 Å². The minimum Gasteiger partial charge on any atom is -0.275 e. The molecule has 8 nitrogen and oxygen atoms in total. The van der Waals surface area contributed by atoms with E-state index in [9.17, 15) is 14.4 Å². The van der Waals surface area contributed by atoms with Gasteiger partial charge in [0.2, 0.25) is 5.91 Å². The van der Waals surface area contributed by atoms with Crippen molar-refractivity contribution in [2.45, 2.75) is 6.92 Å². The van der Waals surface area contributed by atoms with E-state index in [0.717, 1.165) is 15.2 Å². The van der Waals surface area contributed by atoms with Crippen molar-refractivity contribution >= 4 is 33.8 Å². The SMILES string of the molecule is Cc1c(C(=O)NN2CC(=O)NC2=O)cnn1-c1ccc(Br)cc1. The number of imide groups is 1. The fraction of sp³-hybridized carbons (Fsp3) is 0.143. The van der Waals surface area contributed by atoms with Crippen molar-refractivity contribution in [3.8, 4) is 5.69 Å². The number of carbonyl (C=O) groups excluding carboxylic acids is 3. The Hall–Kier alpha value is -2.68. The van der Waals surface area contributed by atoms with E-state index in [0.29, 0.717) is 11.3 Å². The number of amides is 4. The summed E-state index contributed by atoms with van der Waals surface area (Å²) in [5.41, 5.74) is 4.14. The van der Waals surface area contributed by atoms with Gasteiger partial charge in [0.15, 0.2) is 0 Å². The van der Waals surface area contributed by atoms with E-state index in [1.165, 1.54) is 6.20 Å². The molecule has 0 atom stereocenters. The number of nitrogens with zero attached hydrogens (tertiary/aromatic N) is 3. The zero-order chi connectivity index (χ0) is 16.6. The third-order valence-electron chi connectivity index (χ3n) is 3.36. The molecule has 0 unspecified atom stereocenters. The third-order valence-corrected chi connectivity index (χ3v) is 3.88. The quantitative estimate of drug-likeness (QED) is 0.783. The van der Waals surface area contributed by atoms with Gasteiger partial charge in [-0.05, 0) is 31.2 Å². The molecule has 23 heavy (non-hydrogen) atoms. The molecule has 1 saturated heterocycles. The Bertz CT molecular complexity index is 799. The molecule has 2 N–H and O–H groups in total. The molecule has 0 radical (unpaired) electrons. The lowest BCUT2D eigenvalue weighted by Gasteiger charge is -2.14. The second-order valence-corrected chi connectivity index (χ2v) is 5.83. The highest BCUT2D eigenvalue weighted by Crippen LogP contribution is 2.17. The zero-order valence-electron chi connectivity index (χ0n) is 12.0. The molecule has 118 valence electrons. The molecule has 1 aromatic heterocycles. The van der Waals surface area contributed by atoms with Gasteiger partial charge in [0.25, 0.3) is 5.91 Å². The molecule has 0 aliphatic carbocycles. The van der Waals surface area contributed by atoms with E-state index >= 15 is 0 Å². The lowest BCUT2D eigenvalue weighted by Crippen LogP contribution is -2.44. The smallest absolute Gasteiger partial charge is 0.275 e. The van der Waals surface area contributed by atoms with Gasteiger partial charge in [0.05, 0.1) is 23.1 Å². The van der Waals surface area contributed by atoms with Crippen LogP contribution in [0, 0.1) is 6.92 Å². The van der Waals surface area contributed by atoms with Crippen LogP contribution in [0.3, 0.4) is 0 Å². The first-order chi connectivity index (χ1) is 11.0. The molecule has 3 rings (SSSR count). The molecular weight excluding hydrogens is 366 g/mol. The van der Waals surface area contributed by atoms with Crippen LogP contribution in [0.4, 0.5) is 4.79 Å². The molecule has 2 heterocycles. The van der Waals surface area contributed by atoms with Crippen molar-refractivity contribution in [2.24, 2.45) is 0 Å². The minimum absolute atomic E-state index is 0.204. The molecule has 0 spiro atoms. The number of benzene rings is 1. The number of hydrogen-bond acceptors (Lipinski definition) is 4. The number of aromatic nitrogens is 2. The Kier molecular flexibility index (Phi) is 3.87. The van der Waals surface area contributed by atoms with Crippen LogP contribution in [0.15, 0.2) is 34.9 Å². The van der Waals surface area contributed by atoms with E-state index in [-0.39, 0.29) is 6.54 Å². The Morgan fingerprint density at radius 2 is 2.00 bits per heavy atom. The predicted octanol–water partition coefficient (Wildman–Crippen LogP) is 1.14. The average molecular weight is 378 g/mol. The summed E-state index contributed by atoms with van der Waals surface area (Å²) >= 11 is 3.36. The number of nitrogens with one attached hydrogen (secondary N) is 2. The van der Waals surface area contributed by atoms with Crippen molar-refractivity contribution in [1.29, 1.82) is 0 Å². The van der Waals surface area contributed by atoms with Crippen LogP contribution in [0.5, 0.6) is 0 Å². The van der Waals surface area contributed by atoms with Gasteiger partial charge in [-0.3, -0.25) is 20.3 Å². The van der Waals surface area contributed by atoms with Crippen molar-refractivity contribution in [3.63, 3.8) is 0 Å². The molecule has 1 fully saturated rings. The number of hydrazine groups is 1. The number of urea groups is 1. The minimum atomic E-state index is -0.652. The standard InChI is InChI=1S/C14H12BrN5O3/c1-8-11(13(22)18-19-7-12(21)17-14(19)23)6-16-20(8)10-4-2-9(15)3-5-10/h2-6H,7H2,1H3,(H,18,22)(H,17,21,23). The first kappa shape index (κ1) is 15.2. The second kappa shape index (κ2) is 5.84. The number of halogens is 1. The van der Waals surface area contributed by atoms with Gasteiger partial charge in [-0.1, -0.05) is 15.9 Å². The Morgan fingerprint density at radius 1 is 1.30 bits per heavy atom. The van der Waals surface area contributed by atoms with Crippen LogP contribution in [0.1, 0.15) is 16.1 Å². The first-order valence-electron chi connectivity index (χ1n) is 6.68. The van der Waals surface area contributed by atoms with E-state index in [1.807, 2.05) is 24.3 Å². The fourth-order valence-electron chi connectivity index (χ4n) is 2.19. The van der Waals surface area contributed by atoms with Crippen LogP contribution in [-0.4, -0.2) is 39.2 Å². The third kappa shape index (κ3) is 2.95. The summed E-state index contributed by atoms with van der Waals surface area (Å²) in [6, 6.07) is 6.81. The highest BCUT2D eigenvalue weighted by atomic mass is 79.9. The van der Waals surface area contributed by atoms with Crippen molar-refractivity contribution in [1.82, 2.24) is 25.5 Å². The van der Waals surface area contributed by atoms with Gasteiger partial charge in [0, 0.05) is 4.47 Å². The summed E-state index contributed by atoms with van der Waals surface area (Å²) in [4.78, 5) is 34.8. The first-order valence-corrected chi connectivity index (χ1v) is 7.48. The lowest BCUT2D eigenvalue weighted by atomic mass is 10.2. The summed E-state index contributed by atoms with van der Waals surface area (Å²) in [5.74, 6) is -0.965. The largest absolute Gasteiger partial charge is 0.343 e. The average Bonchev–Trinajstić information content (AvgIpc) is 3.03. The van der Waals surface area contributed by atoms with Gasteiger partial charge in [-0.2, -0.15) is 5.10 Å². The highest BCUT2D eigenvalue weighted by molar-refractivity contribution is 9.10. The number of hydrogen-bond donors (Lipinski definition) is 2. The molecular formula is C14H12BrN5O3. The van der Waals surface area contributed by atoms with Crippen LogP contribution in [-0.2, 0) is 4.79 Å². The Balaban J connectivity index is 1.81. The van der Waals surface area contributed by atoms with E-state index < -0.39 is 17.8 Å². The van der Waals surface area contributed by atoms with Crippen molar-refractivity contribution < 1.29 is 14.4 Å². The topological polar surface area (TPSA) is 96.3 Å². The maximum absolute atomic E-state index is 12.3. The van der Waals surface area contributed by atoms with E-state index in [1.54, 1.807) is 11.6 Å². The van der Waals surface area contributed by atoms with Crippen molar-refractivity contribution in [2.75, 3.05) is 6.54 Å². The number of carbonyl (C=O) groups is 3. The van der Waals surface area contributed by atoms with Crippen LogP contribution in [0.25, 0.3) is 5.69 Å². The summed E-state index contributed by atoms with van der Waals surface area (Å²) in [6.45, 7) is 1.55. The molecule has 0 bridgehead atoms. The fourth-order valence-corrected chi connectivity index (χ4v) is 2.45. The highest BCUT2D eigenvalue weighted by Gasteiger charge is 2.29. The molecule has 9 heteroatoms. The Labute approximate surface area is 139 Å². The van der Waals surface area contributed by atoms with Gasteiger partial charge in [-0.15, -0.1) is 0 Å². The Morgan fingerprint density at radius 3 is 2.61 bits per heavy atom. The second-order valence-electron chi connectivity index (χ2n) is 4.91. The molecule has 0 saturated carbocycles. The van der Waals surface area contributed by atoms with Gasteiger partial charge < -0.3 is 0 Å². The van der Waals surface area contributed by atoms with Gasteiger partial charge in [-0.25, -0.2) is 14.5 Å². The normalized spacial score (nSPS) is 14.1. The van der Waals surface area contributed by atoms with E-state index in [4.69, 9.17) is 0 Å². The van der Waals surface area contributed by atoms with Crippen LogP contribution >= 0.6 is 15.9 Å². The molecule has 2 aromatic rings. The summed E-state index contributed by atoms with van der Waals surface area (Å²) in [6.07, 6.45) is 1.42.